The molecule has 0 aliphatic heterocycles. The molecule has 0 radical (unpaired) electrons. The van der Waals surface area contributed by atoms with E-state index in [9.17, 15) is 4.39 Å². The number of hydrogen-bond donors (Lipinski definition) is 2. The quantitative estimate of drug-likeness (QED) is 0.670. The van der Waals surface area contributed by atoms with Crippen LogP contribution < -0.4 is 11.1 Å². The number of guanidine groups is 1. The highest BCUT2D eigenvalue weighted by atomic mass is 19.1. The van der Waals surface area contributed by atoms with Crippen LogP contribution in [0.25, 0.3) is 0 Å². The predicted molar refractivity (Wildman–Crippen MR) is 88.7 cm³/mol. The van der Waals surface area contributed by atoms with Crippen LogP contribution in [0.1, 0.15) is 29.0 Å². The molecule has 0 heterocycles. The van der Waals surface area contributed by atoms with E-state index in [1.54, 1.807) is 12.1 Å². The number of aryl methyl sites for hydroxylation is 2. The molecule has 0 aromatic heterocycles. The fourth-order valence-corrected chi connectivity index (χ4v) is 2.83. The number of nitrogens with one attached hydrogen (secondary N) is 1. The average molecular weight is 297 g/mol. The van der Waals surface area contributed by atoms with E-state index >= 15 is 0 Å². The number of halogens is 1. The van der Waals surface area contributed by atoms with Crippen LogP contribution in [0.3, 0.4) is 0 Å². The van der Waals surface area contributed by atoms with Gasteiger partial charge in [0.05, 0.1) is 6.04 Å². The zero-order valence-corrected chi connectivity index (χ0v) is 12.8. The Morgan fingerprint density at radius 1 is 1.18 bits per heavy atom. The summed E-state index contributed by atoms with van der Waals surface area (Å²) < 4.78 is 13.2. The molecule has 3 N–H and O–H groups in total. The maximum absolute atomic E-state index is 13.2. The molecule has 2 aromatic carbocycles. The first-order valence-electron chi connectivity index (χ1n) is 7.45. The van der Waals surface area contributed by atoms with Crippen molar-refractivity contribution >= 4 is 11.6 Å². The molecule has 0 amide bonds. The molecule has 1 aliphatic rings. The van der Waals surface area contributed by atoms with E-state index in [0.29, 0.717) is 5.96 Å². The molecule has 2 aromatic rings. The third kappa shape index (κ3) is 3.45. The van der Waals surface area contributed by atoms with Crippen molar-refractivity contribution in [1.82, 2.24) is 0 Å². The molecule has 0 bridgehead atoms. The molecular weight excluding hydrogens is 277 g/mol. The van der Waals surface area contributed by atoms with Crippen LogP contribution in [0.4, 0.5) is 10.1 Å². The molecule has 1 aliphatic carbocycles. The highest BCUT2D eigenvalue weighted by Gasteiger charge is 2.38. The van der Waals surface area contributed by atoms with Gasteiger partial charge in [0, 0.05) is 11.6 Å². The summed E-state index contributed by atoms with van der Waals surface area (Å²) >= 11 is 0. The lowest BCUT2D eigenvalue weighted by molar-refractivity contribution is 0.625. The van der Waals surface area contributed by atoms with Crippen LogP contribution in [0.2, 0.25) is 0 Å². The van der Waals surface area contributed by atoms with Crippen molar-refractivity contribution in [1.29, 1.82) is 0 Å². The Kier molecular flexibility index (Phi) is 3.84. The fraction of sp³-hybridized carbons (Fsp3) is 0.278. The van der Waals surface area contributed by atoms with Crippen LogP contribution in [-0.2, 0) is 0 Å². The Balaban J connectivity index is 1.66. The highest BCUT2D eigenvalue weighted by Crippen LogP contribution is 2.43. The summed E-state index contributed by atoms with van der Waals surface area (Å²) in [6.45, 7) is 4.10. The smallest absolute Gasteiger partial charge is 0.193 e. The Morgan fingerprint density at radius 3 is 2.59 bits per heavy atom. The summed E-state index contributed by atoms with van der Waals surface area (Å²) in [5.41, 5.74) is 10.3. The van der Waals surface area contributed by atoms with Crippen molar-refractivity contribution in [2.45, 2.75) is 32.2 Å². The molecule has 2 atom stereocenters. The second-order valence-corrected chi connectivity index (χ2v) is 5.98. The third-order valence-corrected chi connectivity index (χ3v) is 3.83. The van der Waals surface area contributed by atoms with Crippen molar-refractivity contribution in [3.05, 3.63) is 65.0 Å². The zero-order chi connectivity index (χ0) is 15.7. The molecule has 114 valence electrons. The van der Waals surface area contributed by atoms with E-state index in [0.717, 1.165) is 17.7 Å². The summed E-state index contributed by atoms with van der Waals surface area (Å²) in [7, 11) is 0. The summed E-state index contributed by atoms with van der Waals surface area (Å²) in [5, 5.41) is 3.13. The average Bonchev–Trinajstić information content (AvgIpc) is 3.16. The van der Waals surface area contributed by atoms with Crippen molar-refractivity contribution in [2.24, 2.45) is 10.7 Å². The van der Waals surface area contributed by atoms with Gasteiger partial charge >= 0.3 is 0 Å². The lowest BCUT2D eigenvalue weighted by atomic mass is 10.1. The minimum atomic E-state index is -0.200. The number of hydrogen-bond acceptors (Lipinski definition) is 1. The van der Waals surface area contributed by atoms with E-state index in [2.05, 4.69) is 16.4 Å². The number of nitrogens with two attached hydrogens (primary N) is 1. The number of nitrogens with zero attached hydrogens (tertiary/aromatic N) is 1. The molecule has 3 nitrogen and oxygen atoms in total. The standard InChI is InChI=1S/C18H20FN3/c1-11-6-12(2)8-15(7-11)21-18(20)22-17-10-16(17)13-4-3-5-14(19)9-13/h3-9,16-17H,10H2,1-2H3,(H3,20,21,22). The zero-order valence-electron chi connectivity index (χ0n) is 12.8. The summed E-state index contributed by atoms with van der Waals surface area (Å²) in [6, 6.07) is 13.0. The third-order valence-electron chi connectivity index (χ3n) is 3.83. The van der Waals surface area contributed by atoms with E-state index in [1.165, 1.54) is 17.2 Å². The molecule has 2 unspecified atom stereocenters. The van der Waals surface area contributed by atoms with Gasteiger partial charge < -0.3 is 11.1 Å². The minimum absolute atomic E-state index is 0.139. The van der Waals surface area contributed by atoms with Gasteiger partial charge in [0.25, 0.3) is 0 Å². The summed E-state index contributed by atoms with van der Waals surface area (Å²) in [5.74, 6) is 0.484. The number of benzene rings is 2. The van der Waals surface area contributed by atoms with E-state index in [1.807, 2.05) is 32.0 Å². The maximum atomic E-state index is 13.2. The van der Waals surface area contributed by atoms with E-state index in [-0.39, 0.29) is 17.8 Å². The molecule has 1 fully saturated rings. The Labute approximate surface area is 130 Å². The Bertz CT molecular complexity index is 704. The van der Waals surface area contributed by atoms with Crippen LogP contribution in [-0.4, -0.2) is 12.0 Å². The topological polar surface area (TPSA) is 50.4 Å². The summed E-state index contributed by atoms with van der Waals surface area (Å²) in [6.07, 6.45) is 0.915. The number of anilines is 1. The maximum Gasteiger partial charge on any atom is 0.193 e. The van der Waals surface area contributed by atoms with Crippen LogP contribution in [0.5, 0.6) is 0 Å². The Hall–Kier alpha value is -2.36. The molecule has 22 heavy (non-hydrogen) atoms. The lowest BCUT2D eigenvalue weighted by Crippen LogP contribution is -2.23. The molecule has 1 saturated carbocycles. The SMILES string of the molecule is Cc1cc(C)cc(NC(N)=NC2CC2c2cccc(F)c2)c1. The van der Waals surface area contributed by atoms with Gasteiger partial charge in [-0.2, -0.15) is 0 Å². The van der Waals surface area contributed by atoms with Gasteiger partial charge in [0.15, 0.2) is 5.96 Å². The molecule has 0 saturated heterocycles. The van der Waals surface area contributed by atoms with Crippen molar-refractivity contribution < 1.29 is 4.39 Å². The normalized spacial score (nSPS) is 20.8. The second-order valence-electron chi connectivity index (χ2n) is 5.98. The minimum Gasteiger partial charge on any atom is -0.370 e. The van der Waals surface area contributed by atoms with Crippen molar-refractivity contribution in [3.8, 4) is 0 Å². The highest BCUT2D eigenvalue weighted by molar-refractivity contribution is 5.92. The molecule has 3 rings (SSSR count). The molecular formula is C18H20FN3. The first-order chi connectivity index (χ1) is 10.5. The number of rotatable bonds is 3. The van der Waals surface area contributed by atoms with Crippen LogP contribution in [0, 0.1) is 19.7 Å². The van der Waals surface area contributed by atoms with Gasteiger partial charge in [-0.3, -0.25) is 0 Å². The Morgan fingerprint density at radius 2 is 1.91 bits per heavy atom. The largest absolute Gasteiger partial charge is 0.370 e. The first-order valence-corrected chi connectivity index (χ1v) is 7.45. The van der Waals surface area contributed by atoms with Crippen molar-refractivity contribution in [3.63, 3.8) is 0 Å². The van der Waals surface area contributed by atoms with E-state index < -0.39 is 0 Å². The monoisotopic (exact) mass is 297 g/mol. The van der Waals surface area contributed by atoms with Gasteiger partial charge in [-0.25, -0.2) is 9.38 Å². The van der Waals surface area contributed by atoms with E-state index in [4.69, 9.17) is 5.73 Å². The van der Waals surface area contributed by atoms with Crippen LogP contribution in [0.15, 0.2) is 47.5 Å². The van der Waals surface area contributed by atoms with Gasteiger partial charge in [-0.15, -0.1) is 0 Å². The lowest BCUT2D eigenvalue weighted by Gasteiger charge is -2.08. The van der Waals surface area contributed by atoms with Crippen molar-refractivity contribution in [2.75, 3.05) is 5.32 Å². The molecule has 0 spiro atoms. The number of aliphatic imine (C=N–C) groups is 1. The second kappa shape index (κ2) is 5.79. The first kappa shape index (κ1) is 14.6. The van der Waals surface area contributed by atoms with Gasteiger partial charge in [-0.05, 0) is 61.2 Å². The predicted octanol–water partition coefficient (Wildman–Crippen LogP) is 3.73. The van der Waals surface area contributed by atoms with Gasteiger partial charge in [-0.1, -0.05) is 18.2 Å². The fourth-order valence-electron chi connectivity index (χ4n) is 2.83. The molecule has 4 heteroatoms. The van der Waals surface area contributed by atoms with Crippen LogP contribution >= 0.6 is 0 Å². The van der Waals surface area contributed by atoms with Gasteiger partial charge in [0.1, 0.15) is 5.82 Å². The summed E-state index contributed by atoms with van der Waals surface area (Å²) in [4.78, 5) is 4.49. The van der Waals surface area contributed by atoms with Gasteiger partial charge in [0.2, 0.25) is 0 Å².